The van der Waals surface area contributed by atoms with E-state index in [9.17, 15) is 14.7 Å². The summed E-state index contributed by atoms with van der Waals surface area (Å²) < 4.78 is 0. The van der Waals surface area contributed by atoms with Gasteiger partial charge in [-0.05, 0) is 19.8 Å². The fraction of sp³-hybridized carbons (Fsp3) is 0.455. The number of likely N-dealkylation sites (tertiary alicyclic amines) is 1. The lowest BCUT2D eigenvalue weighted by molar-refractivity contribution is -0.147. The standard InChI is InChI=1S/C11H13N3O3/c1-11(10(16)17)3-2-4-14(11)9(15)8-5-12-7-13-6-8/h5-7H,2-4H2,1H3,(H,16,17). The number of amides is 1. The van der Waals surface area contributed by atoms with Crippen LogP contribution in [0.3, 0.4) is 0 Å². The SMILES string of the molecule is CC1(C(=O)O)CCCN1C(=O)c1cncnc1. The van der Waals surface area contributed by atoms with E-state index < -0.39 is 11.5 Å². The van der Waals surface area contributed by atoms with Crippen LogP contribution in [0.2, 0.25) is 0 Å². The molecule has 6 heteroatoms. The summed E-state index contributed by atoms with van der Waals surface area (Å²) in [5, 5.41) is 9.21. The van der Waals surface area contributed by atoms with Gasteiger partial charge in [0, 0.05) is 18.9 Å². The van der Waals surface area contributed by atoms with Gasteiger partial charge in [0.05, 0.1) is 5.56 Å². The second-order valence-corrected chi connectivity index (χ2v) is 4.27. The molecule has 1 aliphatic heterocycles. The summed E-state index contributed by atoms with van der Waals surface area (Å²) in [6.07, 6.45) is 5.30. The van der Waals surface area contributed by atoms with Crippen LogP contribution in [0.4, 0.5) is 0 Å². The second-order valence-electron chi connectivity index (χ2n) is 4.27. The molecule has 90 valence electrons. The molecule has 1 N–H and O–H groups in total. The van der Waals surface area contributed by atoms with Gasteiger partial charge < -0.3 is 10.0 Å². The van der Waals surface area contributed by atoms with Crippen LogP contribution in [-0.2, 0) is 4.79 Å². The summed E-state index contributed by atoms with van der Waals surface area (Å²) in [5.74, 6) is -1.30. The zero-order chi connectivity index (χ0) is 12.5. The van der Waals surface area contributed by atoms with E-state index >= 15 is 0 Å². The topological polar surface area (TPSA) is 83.4 Å². The largest absolute Gasteiger partial charge is 0.480 e. The maximum absolute atomic E-state index is 12.1. The molecule has 1 unspecified atom stereocenters. The van der Waals surface area contributed by atoms with Gasteiger partial charge in [-0.1, -0.05) is 0 Å². The minimum Gasteiger partial charge on any atom is -0.480 e. The molecule has 1 amide bonds. The van der Waals surface area contributed by atoms with Crippen molar-refractivity contribution >= 4 is 11.9 Å². The second kappa shape index (κ2) is 4.12. The van der Waals surface area contributed by atoms with E-state index in [1.807, 2.05) is 0 Å². The number of hydrogen-bond acceptors (Lipinski definition) is 4. The van der Waals surface area contributed by atoms with E-state index in [1.165, 1.54) is 23.6 Å². The molecule has 1 saturated heterocycles. The number of carboxylic acids is 1. The average Bonchev–Trinajstić information content (AvgIpc) is 2.73. The fourth-order valence-corrected chi connectivity index (χ4v) is 2.08. The number of carboxylic acid groups (broad SMARTS) is 1. The number of carbonyl (C=O) groups excluding carboxylic acids is 1. The van der Waals surface area contributed by atoms with Gasteiger partial charge in [0.2, 0.25) is 0 Å². The zero-order valence-corrected chi connectivity index (χ0v) is 9.46. The van der Waals surface area contributed by atoms with Crippen molar-refractivity contribution in [3.63, 3.8) is 0 Å². The van der Waals surface area contributed by atoms with Crippen molar-refractivity contribution in [2.45, 2.75) is 25.3 Å². The first-order chi connectivity index (χ1) is 8.05. The lowest BCUT2D eigenvalue weighted by Crippen LogP contribution is -2.50. The third kappa shape index (κ3) is 1.86. The number of aromatic nitrogens is 2. The molecule has 1 aliphatic rings. The molecule has 2 rings (SSSR count). The molecule has 0 radical (unpaired) electrons. The van der Waals surface area contributed by atoms with Crippen LogP contribution >= 0.6 is 0 Å². The van der Waals surface area contributed by atoms with E-state index in [-0.39, 0.29) is 5.91 Å². The summed E-state index contributed by atoms with van der Waals surface area (Å²) in [4.78, 5) is 32.3. The van der Waals surface area contributed by atoms with E-state index in [1.54, 1.807) is 6.92 Å². The highest BCUT2D eigenvalue weighted by molar-refractivity contribution is 5.97. The van der Waals surface area contributed by atoms with Crippen LogP contribution in [-0.4, -0.2) is 43.9 Å². The van der Waals surface area contributed by atoms with Crippen molar-refractivity contribution in [3.05, 3.63) is 24.3 Å². The molecule has 1 aromatic rings. The van der Waals surface area contributed by atoms with Crippen LogP contribution < -0.4 is 0 Å². The van der Waals surface area contributed by atoms with Crippen molar-refractivity contribution in [2.75, 3.05) is 6.54 Å². The molecule has 0 aliphatic carbocycles. The van der Waals surface area contributed by atoms with Gasteiger partial charge in [0.1, 0.15) is 11.9 Å². The average molecular weight is 235 g/mol. The normalized spacial score (nSPS) is 23.7. The van der Waals surface area contributed by atoms with Gasteiger partial charge in [-0.15, -0.1) is 0 Å². The lowest BCUT2D eigenvalue weighted by atomic mass is 9.99. The van der Waals surface area contributed by atoms with Crippen molar-refractivity contribution in [1.29, 1.82) is 0 Å². The molecule has 1 atom stereocenters. The fourth-order valence-electron chi connectivity index (χ4n) is 2.08. The maximum Gasteiger partial charge on any atom is 0.329 e. The summed E-state index contributed by atoms with van der Waals surface area (Å²) in [5.41, 5.74) is -0.797. The minimum absolute atomic E-state index is 0.321. The molecule has 17 heavy (non-hydrogen) atoms. The molecule has 0 saturated carbocycles. The highest BCUT2D eigenvalue weighted by Crippen LogP contribution is 2.30. The highest BCUT2D eigenvalue weighted by atomic mass is 16.4. The Bertz CT molecular complexity index is 449. The van der Waals surface area contributed by atoms with Crippen molar-refractivity contribution in [2.24, 2.45) is 0 Å². The van der Waals surface area contributed by atoms with Crippen LogP contribution in [0, 0.1) is 0 Å². The van der Waals surface area contributed by atoms with Crippen LogP contribution in [0.25, 0.3) is 0 Å². The first kappa shape index (κ1) is 11.5. The zero-order valence-electron chi connectivity index (χ0n) is 9.46. The molecule has 0 bridgehead atoms. The van der Waals surface area contributed by atoms with Gasteiger partial charge in [-0.25, -0.2) is 14.8 Å². The van der Waals surface area contributed by atoms with Crippen LogP contribution in [0.15, 0.2) is 18.7 Å². The number of carbonyl (C=O) groups is 2. The van der Waals surface area contributed by atoms with Gasteiger partial charge in [0.15, 0.2) is 0 Å². The van der Waals surface area contributed by atoms with Crippen LogP contribution in [0.1, 0.15) is 30.1 Å². The Morgan fingerprint density at radius 2 is 2.06 bits per heavy atom. The minimum atomic E-state index is -1.12. The van der Waals surface area contributed by atoms with Gasteiger partial charge in [-0.2, -0.15) is 0 Å². The quantitative estimate of drug-likeness (QED) is 0.809. The first-order valence-electron chi connectivity index (χ1n) is 5.36. The number of aliphatic carboxylic acids is 1. The number of rotatable bonds is 2. The van der Waals surface area contributed by atoms with Gasteiger partial charge in [-0.3, -0.25) is 4.79 Å². The lowest BCUT2D eigenvalue weighted by Gasteiger charge is -2.31. The van der Waals surface area contributed by atoms with Gasteiger partial charge in [0.25, 0.3) is 5.91 Å². The van der Waals surface area contributed by atoms with Gasteiger partial charge >= 0.3 is 5.97 Å². The predicted molar refractivity (Wildman–Crippen MR) is 58.3 cm³/mol. The Balaban J connectivity index is 2.29. The summed E-state index contributed by atoms with van der Waals surface area (Å²) >= 11 is 0. The Kier molecular flexibility index (Phi) is 2.79. The summed E-state index contributed by atoms with van der Waals surface area (Å²) in [6.45, 7) is 2.03. The van der Waals surface area contributed by atoms with Crippen LogP contribution in [0.5, 0.6) is 0 Å². The maximum atomic E-state index is 12.1. The third-order valence-corrected chi connectivity index (χ3v) is 3.15. The first-order valence-corrected chi connectivity index (χ1v) is 5.36. The summed E-state index contributed by atoms with van der Waals surface area (Å²) in [7, 11) is 0. The molecule has 0 aromatic carbocycles. The Labute approximate surface area is 98.3 Å². The third-order valence-electron chi connectivity index (χ3n) is 3.15. The smallest absolute Gasteiger partial charge is 0.329 e. The van der Waals surface area contributed by atoms with Crippen molar-refractivity contribution in [1.82, 2.24) is 14.9 Å². The van der Waals surface area contributed by atoms with Crippen molar-refractivity contribution in [3.8, 4) is 0 Å². The molecule has 1 fully saturated rings. The molecule has 6 nitrogen and oxygen atoms in total. The highest BCUT2D eigenvalue weighted by Gasteiger charge is 2.46. The molecule has 2 heterocycles. The summed E-state index contributed by atoms with van der Waals surface area (Å²) in [6, 6.07) is 0. The van der Waals surface area contributed by atoms with Crippen molar-refractivity contribution < 1.29 is 14.7 Å². The van der Waals surface area contributed by atoms with E-state index in [2.05, 4.69) is 9.97 Å². The monoisotopic (exact) mass is 235 g/mol. The molecular formula is C11H13N3O3. The number of nitrogens with zero attached hydrogens (tertiary/aromatic N) is 3. The molecule has 1 aromatic heterocycles. The number of hydrogen-bond donors (Lipinski definition) is 1. The Morgan fingerprint density at radius 1 is 1.41 bits per heavy atom. The predicted octanol–water partition coefficient (Wildman–Crippen LogP) is 0.556. The Hall–Kier alpha value is -1.98. The van der Waals surface area contributed by atoms with E-state index in [0.29, 0.717) is 24.9 Å². The van der Waals surface area contributed by atoms with E-state index in [4.69, 9.17) is 0 Å². The molecule has 0 spiro atoms. The Morgan fingerprint density at radius 3 is 2.65 bits per heavy atom. The van der Waals surface area contributed by atoms with E-state index in [0.717, 1.165) is 0 Å². The molecular weight excluding hydrogens is 222 g/mol.